The molecule has 2 rings (SSSR count). The summed E-state index contributed by atoms with van der Waals surface area (Å²) >= 11 is 8.30. The van der Waals surface area contributed by atoms with Gasteiger partial charge in [0.2, 0.25) is 0 Å². The van der Waals surface area contributed by atoms with Gasteiger partial charge < -0.3 is 19.5 Å². The Labute approximate surface area is 185 Å². The van der Waals surface area contributed by atoms with Crippen molar-refractivity contribution < 1.29 is 33.4 Å². The molecule has 0 radical (unpaired) electrons. The second kappa shape index (κ2) is 10.5. The number of carbonyl (C=O) groups excluding carboxylic acids is 4. The molecule has 1 aromatic heterocycles. The van der Waals surface area contributed by atoms with Gasteiger partial charge in [-0.05, 0) is 36.9 Å². The predicted octanol–water partition coefficient (Wildman–Crippen LogP) is 3.80. The number of hydrogen-bond acceptors (Lipinski definition) is 9. The maximum atomic E-state index is 12.3. The van der Waals surface area contributed by atoms with Crippen LogP contribution in [0.4, 0.5) is 5.00 Å². The summed E-state index contributed by atoms with van der Waals surface area (Å²) in [5, 5.41) is 2.75. The van der Waals surface area contributed by atoms with E-state index in [1.54, 1.807) is 18.2 Å². The molecule has 1 heterocycles. The van der Waals surface area contributed by atoms with Gasteiger partial charge in [-0.15, -0.1) is 23.1 Å². The highest BCUT2D eigenvalue weighted by Gasteiger charge is 2.27. The van der Waals surface area contributed by atoms with Gasteiger partial charge in [0.05, 0.1) is 30.4 Å². The first-order valence-corrected chi connectivity index (χ1v) is 10.8. The summed E-state index contributed by atoms with van der Waals surface area (Å²) in [6.45, 7) is 0.912. The topological polar surface area (TPSA) is 108 Å². The number of benzene rings is 1. The van der Waals surface area contributed by atoms with Gasteiger partial charge in [0, 0.05) is 4.90 Å². The number of rotatable bonds is 7. The van der Waals surface area contributed by atoms with Gasteiger partial charge in [0.1, 0.15) is 9.88 Å². The van der Waals surface area contributed by atoms with Crippen molar-refractivity contribution in [1.29, 1.82) is 0 Å². The van der Waals surface area contributed by atoms with Crippen LogP contribution in [0.25, 0.3) is 0 Å². The number of methoxy groups -OCH3 is 2. The average Bonchev–Trinajstić information content (AvgIpc) is 3.06. The molecule has 1 amide bonds. The lowest BCUT2D eigenvalue weighted by Gasteiger charge is -2.08. The normalized spacial score (nSPS) is 10.3. The maximum absolute atomic E-state index is 12.3. The van der Waals surface area contributed by atoms with Crippen LogP contribution in [0, 0.1) is 6.92 Å². The molecule has 0 aliphatic heterocycles. The molecule has 0 aliphatic carbocycles. The Morgan fingerprint density at radius 3 is 2.37 bits per heavy atom. The predicted molar refractivity (Wildman–Crippen MR) is 114 cm³/mol. The standard InChI is InChI=1S/C19H18ClNO7S2/c1-9-14(18(24)26-2)16(30-15(9)19(25)27-3)21-13(22)8-28-17(23)11-7-10(29-4)5-6-12(11)20/h5-7H,8H2,1-4H3,(H,21,22). The highest BCUT2D eigenvalue weighted by Crippen LogP contribution is 2.34. The van der Waals surface area contributed by atoms with Gasteiger partial charge in [-0.2, -0.15) is 0 Å². The van der Waals surface area contributed by atoms with Crippen LogP contribution in [0.1, 0.15) is 36.0 Å². The molecule has 1 N–H and O–H groups in total. The molecule has 11 heteroatoms. The Morgan fingerprint density at radius 1 is 1.10 bits per heavy atom. The Kier molecular flexibility index (Phi) is 8.27. The van der Waals surface area contributed by atoms with E-state index in [1.165, 1.54) is 32.9 Å². The zero-order chi connectivity index (χ0) is 22.4. The molecule has 160 valence electrons. The number of hydrogen-bond donors (Lipinski definition) is 1. The van der Waals surface area contributed by atoms with Gasteiger partial charge in [-0.25, -0.2) is 14.4 Å². The Hall–Kier alpha value is -2.56. The maximum Gasteiger partial charge on any atom is 0.348 e. The van der Waals surface area contributed by atoms with E-state index in [-0.39, 0.29) is 26.0 Å². The molecule has 0 saturated heterocycles. The lowest BCUT2D eigenvalue weighted by molar-refractivity contribution is -0.119. The molecule has 0 atom stereocenters. The van der Waals surface area contributed by atoms with E-state index >= 15 is 0 Å². The van der Waals surface area contributed by atoms with Crippen molar-refractivity contribution in [3.05, 3.63) is 44.8 Å². The minimum absolute atomic E-state index is 0.0262. The molecule has 0 bridgehead atoms. The van der Waals surface area contributed by atoms with Crippen LogP contribution in [0.3, 0.4) is 0 Å². The lowest BCUT2D eigenvalue weighted by Crippen LogP contribution is -2.21. The number of thioether (sulfide) groups is 1. The highest BCUT2D eigenvalue weighted by atomic mass is 35.5. The summed E-state index contributed by atoms with van der Waals surface area (Å²) in [6, 6.07) is 4.88. The van der Waals surface area contributed by atoms with E-state index in [0.717, 1.165) is 16.2 Å². The zero-order valence-corrected chi connectivity index (χ0v) is 18.9. The van der Waals surface area contributed by atoms with Crippen LogP contribution in [-0.4, -0.2) is 50.9 Å². The van der Waals surface area contributed by atoms with Gasteiger partial charge in [0.15, 0.2) is 6.61 Å². The van der Waals surface area contributed by atoms with Crippen LogP contribution in [-0.2, 0) is 19.0 Å². The minimum atomic E-state index is -0.767. The fourth-order valence-corrected chi connectivity index (χ4v) is 4.16. The third kappa shape index (κ3) is 5.32. The summed E-state index contributed by atoms with van der Waals surface area (Å²) in [5.74, 6) is -2.86. The largest absolute Gasteiger partial charge is 0.465 e. The molecule has 8 nitrogen and oxygen atoms in total. The second-order valence-corrected chi connectivity index (χ2v) is 8.02. The van der Waals surface area contributed by atoms with Crippen molar-refractivity contribution in [1.82, 2.24) is 0 Å². The molecule has 0 saturated carbocycles. The molecule has 30 heavy (non-hydrogen) atoms. The first-order valence-electron chi connectivity index (χ1n) is 8.34. The monoisotopic (exact) mass is 471 g/mol. The summed E-state index contributed by atoms with van der Waals surface area (Å²) in [4.78, 5) is 49.5. The second-order valence-electron chi connectivity index (χ2n) is 5.71. The summed E-state index contributed by atoms with van der Waals surface area (Å²) in [7, 11) is 2.38. The first kappa shape index (κ1) is 23.7. The minimum Gasteiger partial charge on any atom is -0.465 e. The van der Waals surface area contributed by atoms with Crippen molar-refractivity contribution in [3.63, 3.8) is 0 Å². The van der Waals surface area contributed by atoms with E-state index in [0.29, 0.717) is 5.56 Å². The van der Waals surface area contributed by atoms with Crippen molar-refractivity contribution in [2.45, 2.75) is 11.8 Å². The van der Waals surface area contributed by atoms with Crippen molar-refractivity contribution in [3.8, 4) is 0 Å². The van der Waals surface area contributed by atoms with Crippen LogP contribution in [0.2, 0.25) is 5.02 Å². The van der Waals surface area contributed by atoms with Gasteiger partial charge >= 0.3 is 17.9 Å². The molecule has 0 aliphatic rings. The zero-order valence-electron chi connectivity index (χ0n) is 16.5. The first-order chi connectivity index (χ1) is 14.2. The molecular formula is C19H18ClNO7S2. The Morgan fingerprint density at radius 2 is 1.77 bits per heavy atom. The third-order valence-corrected chi connectivity index (χ3v) is 6.13. The number of ether oxygens (including phenoxy) is 3. The summed E-state index contributed by atoms with van der Waals surface area (Å²) < 4.78 is 14.4. The fraction of sp³-hybridized carbons (Fsp3) is 0.263. The van der Waals surface area contributed by atoms with E-state index in [9.17, 15) is 19.2 Å². The SMILES string of the molecule is COC(=O)c1sc(NC(=O)COC(=O)c2cc(SC)ccc2Cl)c(C(=O)OC)c1C. The molecule has 2 aromatic rings. The molecule has 0 fully saturated rings. The van der Waals surface area contributed by atoms with Gasteiger partial charge in [-0.1, -0.05) is 11.6 Å². The molecule has 1 aromatic carbocycles. The summed E-state index contributed by atoms with van der Waals surface area (Å²) in [6.07, 6.45) is 1.84. The lowest BCUT2D eigenvalue weighted by atomic mass is 10.1. The number of carbonyl (C=O) groups is 4. The third-order valence-electron chi connectivity index (χ3n) is 3.89. The summed E-state index contributed by atoms with van der Waals surface area (Å²) in [5.41, 5.74) is 0.469. The number of amides is 1. The van der Waals surface area contributed by atoms with Crippen molar-refractivity contribution in [2.75, 3.05) is 32.4 Å². The number of halogens is 1. The Bertz CT molecular complexity index is 1000. The quantitative estimate of drug-likeness (QED) is 0.369. The molecule has 0 unspecified atom stereocenters. The van der Waals surface area contributed by atoms with Crippen molar-refractivity contribution >= 4 is 63.5 Å². The van der Waals surface area contributed by atoms with Crippen LogP contribution in [0.15, 0.2) is 23.1 Å². The van der Waals surface area contributed by atoms with Crippen LogP contribution >= 0.6 is 34.7 Å². The number of anilines is 1. The van der Waals surface area contributed by atoms with Crippen LogP contribution < -0.4 is 5.32 Å². The van der Waals surface area contributed by atoms with E-state index in [4.69, 9.17) is 21.1 Å². The van der Waals surface area contributed by atoms with Gasteiger partial charge in [-0.3, -0.25) is 4.79 Å². The number of esters is 3. The Balaban J connectivity index is 2.15. The van der Waals surface area contributed by atoms with Crippen LogP contribution in [0.5, 0.6) is 0 Å². The highest BCUT2D eigenvalue weighted by molar-refractivity contribution is 7.98. The van der Waals surface area contributed by atoms with E-state index in [2.05, 4.69) is 10.1 Å². The molecule has 0 spiro atoms. The fourth-order valence-electron chi connectivity index (χ4n) is 2.40. The van der Waals surface area contributed by atoms with Crippen molar-refractivity contribution in [2.24, 2.45) is 0 Å². The smallest absolute Gasteiger partial charge is 0.348 e. The average molecular weight is 472 g/mol. The van der Waals surface area contributed by atoms with E-state index < -0.39 is 30.4 Å². The number of nitrogens with one attached hydrogen (secondary N) is 1. The number of thiophene rings is 1. The van der Waals surface area contributed by atoms with Gasteiger partial charge in [0.25, 0.3) is 5.91 Å². The van der Waals surface area contributed by atoms with E-state index in [1.807, 2.05) is 6.26 Å². The molecular weight excluding hydrogens is 454 g/mol.